The van der Waals surface area contributed by atoms with Gasteiger partial charge in [0.25, 0.3) is 5.56 Å². The van der Waals surface area contributed by atoms with Crippen LogP contribution in [0.2, 0.25) is 0 Å². The standard InChI is InChI=1S/C20H19N3O4/c1-27-20(26)13-9-11-14(12-10-13)21-18(24)8-4-7-17-22-16-6-3-2-5-15(16)19(25)23-17/h2-3,5-6,9-12H,4,7-8H2,1H3,(H,21,24)(H,22,23,25). The molecule has 7 nitrogen and oxygen atoms in total. The number of methoxy groups -OCH3 is 1. The molecule has 3 rings (SSSR count). The minimum absolute atomic E-state index is 0.149. The minimum atomic E-state index is -0.426. The lowest BCUT2D eigenvalue weighted by atomic mass is 10.2. The second-order valence-corrected chi connectivity index (χ2v) is 6.00. The fraction of sp³-hybridized carbons (Fsp3) is 0.200. The SMILES string of the molecule is COC(=O)c1ccc(NC(=O)CCCc2nc3ccccc3c(=O)[nH]2)cc1. The molecule has 1 aromatic heterocycles. The first-order valence-corrected chi connectivity index (χ1v) is 8.53. The van der Waals surface area contributed by atoms with Gasteiger partial charge in [0, 0.05) is 18.5 Å². The van der Waals surface area contributed by atoms with Gasteiger partial charge in [-0.3, -0.25) is 9.59 Å². The molecule has 27 heavy (non-hydrogen) atoms. The molecule has 7 heteroatoms. The number of aromatic amines is 1. The first kappa shape index (κ1) is 18.3. The molecule has 0 aliphatic rings. The molecular formula is C20H19N3O4. The minimum Gasteiger partial charge on any atom is -0.465 e. The molecule has 1 amide bonds. The van der Waals surface area contributed by atoms with Crippen LogP contribution < -0.4 is 10.9 Å². The summed E-state index contributed by atoms with van der Waals surface area (Å²) in [5.74, 6) is -0.0114. The molecule has 1 heterocycles. The fourth-order valence-corrected chi connectivity index (χ4v) is 2.70. The molecule has 2 aromatic carbocycles. The van der Waals surface area contributed by atoms with Crippen LogP contribution >= 0.6 is 0 Å². The number of aryl methyl sites for hydroxylation is 1. The molecule has 0 aliphatic heterocycles. The highest BCUT2D eigenvalue weighted by Crippen LogP contribution is 2.12. The van der Waals surface area contributed by atoms with Gasteiger partial charge in [0.05, 0.1) is 23.6 Å². The quantitative estimate of drug-likeness (QED) is 0.654. The van der Waals surface area contributed by atoms with E-state index in [2.05, 4.69) is 20.0 Å². The molecule has 0 spiro atoms. The van der Waals surface area contributed by atoms with Gasteiger partial charge in [0.15, 0.2) is 0 Å². The number of rotatable bonds is 6. The monoisotopic (exact) mass is 365 g/mol. The van der Waals surface area contributed by atoms with E-state index in [9.17, 15) is 14.4 Å². The van der Waals surface area contributed by atoms with Gasteiger partial charge in [-0.15, -0.1) is 0 Å². The third kappa shape index (κ3) is 4.58. The highest BCUT2D eigenvalue weighted by molar-refractivity contribution is 5.93. The van der Waals surface area contributed by atoms with Gasteiger partial charge in [0.1, 0.15) is 5.82 Å². The van der Waals surface area contributed by atoms with Gasteiger partial charge in [-0.05, 0) is 42.8 Å². The molecule has 3 aromatic rings. The lowest BCUT2D eigenvalue weighted by Gasteiger charge is -2.06. The van der Waals surface area contributed by atoms with Crippen molar-refractivity contribution in [3.63, 3.8) is 0 Å². The van der Waals surface area contributed by atoms with Crippen LogP contribution in [0.4, 0.5) is 5.69 Å². The molecule has 0 saturated heterocycles. The van der Waals surface area contributed by atoms with Crippen LogP contribution in [0, 0.1) is 0 Å². The van der Waals surface area contributed by atoms with E-state index in [1.54, 1.807) is 42.5 Å². The Hall–Kier alpha value is -3.48. The number of nitrogens with zero attached hydrogens (tertiary/aromatic N) is 1. The maximum Gasteiger partial charge on any atom is 0.337 e. The summed E-state index contributed by atoms with van der Waals surface area (Å²) in [6.07, 6.45) is 1.33. The number of benzene rings is 2. The fourth-order valence-electron chi connectivity index (χ4n) is 2.70. The molecule has 0 saturated carbocycles. The molecule has 0 aliphatic carbocycles. The van der Waals surface area contributed by atoms with E-state index >= 15 is 0 Å². The number of hydrogen-bond acceptors (Lipinski definition) is 5. The largest absolute Gasteiger partial charge is 0.465 e. The Bertz CT molecular complexity index is 1030. The lowest BCUT2D eigenvalue weighted by Crippen LogP contribution is -2.14. The van der Waals surface area contributed by atoms with Crippen LogP contribution in [-0.2, 0) is 16.0 Å². The number of carbonyl (C=O) groups is 2. The smallest absolute Gasteiger partial charge is 0.337 e. The predicted octanol–water partition coefficient (Wildman–Crippen LogP) is 2.67. The van der Waals surface area contributed by atoms with E-state index in [0.717, 1.165) is 0 Å². The summed E-state index contributed by atoms with van der Waals surface area (Å²) in [5, 5.41) is 3.32. The van der Waals surface area contributed by atoms with Gasteiger partial charge in [0.2, 0.25) is 5.91 Å². The number of anilines is 1. The maximum atomic E-state index is 12.1. The predicted molar refractivity (Wildman–Crippen MR) is 102 cm³/mol. The molecule has 0 atom stereocenters. The van der Waals surface area contributed by atoms with E-state index in [-0.39, 0.29) is 17.9 Å². The number of carbonyl (C=O) groups excluding carboxylic acids is 2. The highest BCUT2D eigenvalue weighted by atomic mass is 16.5. The van der Waals surface area contributed by atoms with Crippen molar-refractivity contribution in [1.82, 2.24) is 9.97 Å². The molecule has 0 fully saturated rings. The summed E-state index contributed by atoms with van der Waals surface area (Å²) in [6, 6.07) is 13.6. The molecule has 2 N–H and O–H groups in total. The van der Waals surface area contributed by atoms with Crippen molar-refractivity contribution in [3.05, 3.63) is 70.3 Å². The Balaban J connectivity index is 1.54. The molecular weight excluding hydrogens is 346 g/mol. The summed E-state index contributed by atoms with van der Waals surface area (Å²) in [5.41, 5.74) is 1.49. The van der Waals surface area contributed by atoms with Crippen LogP contribution in [0.1, 0.15) is 29.0 Å². The van der Waals surface area contributed by atoms with Crippen molar-refractivity contribution >= 4 is 28.5 Å². The van der Waals surface area contributed by atoms with Crippen molar-refractivity contribution < 1.29 is 14.3 Å². The summed E-state index contributed by atoms with van der Waals surface area (Å²) in [4.78, 5) is 42.7. The van der Waals surface area contributed by atoms with E-state index < -0.39 is 5.97 Å². The van der Waals surface area contributed by atoms with E-state index in [0.29, 0.717) is 40.8 Å². The summed E-state index contributed by atoms with van der Waals surface area (Å²) < 4.78 is 4.63. The van der Waals surface area contributed by atoms with Crippen molar-refractivity contribution in [3.8, 4) is 0 Å². The van der Waals surface area contributed by atoms with Crippen molar-refractivity contribution in [2.24, 2.45) is 0 Å². The molecule has 0 unspecified atom stereocenters. The normalized spacial score (nSPS) is 10.6. The van der Waals surface area contributed by atoms with Gasteiger partial charge in [-0.2, -0.15) is 0 Å². The van der Waals surface area contributed by atoms with E-state index in [1.165, 1.54) is 7.11 Å². The Morgan fingerprint density at radius 3 is 2.59 bits per heavy atom. The lowest BCUT2D eigenvalue weighted by molar-refractivity contribution is -0.116. The van der Waals surface area contributed by atoms with Gasteiger partial charge in [-0.25, -0.2) is 9.78 Å². The van der Waals surface area contributed by atoms with Crippen LogP contribution in [-0.4, -0.2) is 29.0 Å². The zero-order valence-electron chi connectivity index (χ0n) is 14.8. The second kappa shape index (κ2) is 8.27. The van der Waals surface area contributed by atoms with Gasteiger partial charge < -0.3 is 15.0 Å². The third-order valence-electron chi connectivity index (χ3n) is 4.07. The number of para-hydroxylation sites is 1. The van der Waals surface area contributed by atoms with Crippen LogP contribution in [0.5, 0.6) is 0 Å². The average molecular weight is 365 g/mol. The Labute approximate surface area is 155 Å². The number of H-pyrrole nitrogens is 1. The Morgan fingerprint density at radius 2 is 1.85 bits per heavy atom. The van der Waals surface area contributed by atoms with Crippen LogP contribution in [0.15, 0.2) is 53.3 Å². The molecule has 0 bridgehead atoms. The average Bonchev–Trinajstić information content (AvgIpc) is 2.68. The Kier molecular flexibility index (Phi) is 5.61. The first-order valence-electron chi connectivity index (χ1n) is 8.53. The maximum absolute atomic E-state index is 12.1. The topological polar surface area (TPSA) is 101 Å². The van der Waals surface area contributed by atoms with Crippen LogP contribution in [0.25, 0.3) is 10.9 Å². The number of fused-ring (bicyclic) bond motifs is 1. The van der Waals surface area contributed by atoms with Gasteiger partial charge in [-0.1, -0.05) is 12.1 Å². The molecule has 0 radical (unpaired) electrons. The summed E-state index contributed by atoms with van der Waals surface area (Å²) >= 11 is 0. The summed E-state index contributed by atoms with van der Waals surface area (Å²) in [7, 11) is 1.32. The highest BCUT2D eigenvalue weighted by Gasteiger charge is 2.08. The number of esters is 1. The number of hydrogen-bond donors (Lipinski definition) is 2. The number of amides is 1. The number of ether oxygens (including phenoxy) is 1. The third-order valence-corrected chi connectivity index (χ3v) is 4.07. The number of aromatic nitrogens is 2. The van der Waals surface area contributed by atoms with Crippen LogP contribution in [0.3, 0.4) is 0 Å². The van der Waals surface area contributed by atoms with Crippen molar-refractivity contribution in [1.29, 1.82) is 0 Å². The number of nitrogens with one attached hydrogen (secondary N) is 2. The van der Waals surface area contributed by atoms with Crippen molar-refractivity contribution in [2.45, 2.75) is 19.3 Å². The zero-order chi connectivity index (χ0) is 19.2. The van der Waals surface area contributed by atoms with E-state index in [4.69, 9.17) is 0 Å². The van der Waals surface area contributed by atoms with E-state index in [1.807, 2.05) is 6.07 Å². The Morgan fingerprint density at radius 1 is 1.11 bits per heavy atom. The van der Waals surface area contributed by atoms with Crippen molar-refractivity contribution in [2.75, 3.05) is 12.4 Å². The molecule has 138 valence electrons. The summed E-state index contributed by atoms with van der Waals surface area (Å²) in [6.45, 7) is 0. The first-order chi connectivity index (χ1) is 13.1. The second-order valence-electron chi connectivity index (χ2n) is 6.00. The zero-order valence-corrected chi connectivity index (χ0v) is 14.8. The van der Waals surface area contributed by atoms with Gasteiger partial charge >= 0.3 is 5.97 Å².